The molecule has 0 aliphatic rings. The van der Waals surface area contributed by atoms with E-state index in [0.717, 1.165) is 0 Å². The van der Waals surface area contributed by atoms with Gasteiger partial charge in [0, 0.05) is 12.4 Å². The van der Waals surface area contributed by atoms with Gasteiger partial charge in [-0.25, -0.2) is 0 Å². The van der Waals surface area contributed by atoms with Gasteiger partial charge in [-0.15, -0.1) is 0 Å². The van der Waals surface area contributed by atoms with Crippen molar-refractivity contribution in [3.8, 4) is 0 Å². The Morgan fingerprint density at radius 2 is 1.33 bits per heavy atom. The molecule has 1 aromatic heterocycles. The normalized spacial score (nSPS) is 5.78. The van der Waals surface area contributed by atoms with E-state index < -0.39 is 0 Å². The largest absolute Gasteiger partial charge is 0.368 e. The van der Waals surface area contributed by atoms with Crippen molar-refractivity contribution in [1.29, 1.82) is 0 Å². The number of aromatic nitrogens is 1. The number of rotatable bonds is 0. The van der Waals surface area contributed by atoms with Gasteiger partial charge in [0.2, 0.25) is 0 Å². The highest BCUT2D eigenvalue weighted by Crippen LogP contribution is 1.72. The molecule has 0 unspecified atom stereocenters. The molecule has 9 heavy (non-hydrogen) atoms. The summed E-state index contributed by atoms with van der Waals surface area (Å²) < 4.78 is 0. The van der Waals surface area contributed by atoms with Crippen LogP contribution in [0.5, 0.6) is 0 Å². The molecule has 0 aliphatic carbocycles. The lowest BCUT2D eigenvalue weighted by Gasteiger charge is -1.49. The maximum atomic E-state index is 3.53. The van der Waals surface area contributed by atoms with E-state index in [4.69, 9.17) is 0 Å². The van der Waals surface area contributed by atoms with Crippen LogP contribution >= 0.6 is 12.6 Å². The van der Waals surface area contributed by atoms with Crippen LogP contribution in [0, 0.1) is 0 Å². The molecule has 0 amide bonds. The van der Waals surface area contributed by atoms with Gasteiger partial charge in [0.1, 0.15) is 0 Å². The molecular formula is C7H15NS. The highest BCUT2D eigenvalue weighted by molar-refractivity contribution is 7.79. The Kier molecular flexibility index (Phi) is 19.9. The van der Waals surface area contributed by atoms with E-state index in [1.807, 2.05) is 38.4 Å². The Balaban J connectivity index is 0. The van der Waals surface area contributed by atoms with Crippen LogP contribution in [-0.2, 0) is 0 Å². The molecule has 0 spiro atoms. The molecule has 1 N–H and O–H groups in total. The molecule has 0 aliphatic heterocycles. The standard InChI is InChI=1S/C4H5N.C2H6.CH4S/c1-2-4-5-3-1;2*1-2/h1-5H;1-2H3;2H,1H3. The van der Waals surface area contributed by atoms with Crippen molar-refractivity contribution < 1.29 is 0 Å². The van der Waals surface area contributed by atoms with E-state index in [0.29, 0.717) is 0 Å². The zero-order valence-electron chi connectivity index (χ0n) is 6.26. The minimum atomic E-state index is 1.69. The minimum Gasteiger partial charge on any atom is -0.368 e. The van der Waals surface area contributed by atoms with Crippen molar-refractivity contribution in [1.82, 2.24) is 4.98 Å². The van der Waals surface area contributed by atoms with E-state index >= 15 is 0 Å². The fourth-order valence-electron chi connectivity index (χ4n) is 0.278. The van der Waals surface area contributed by atoms with Crippen molar-refractivity contribution in [2.75, 3.05) is 6.26 Å². The van der Waals surface area contributed by atoms with E-state index in [-0.39, 0.29) is 0 Å². The number of hydrogen-bond donors (Lipinski definition) is 2. The average Bonchev–Trinajstić information content (AvgIpc) is 2.51. The zero-order chi connectivity index (χ0) is 7.54. The molecule has 0 bridgehead atoms. The third-order valence-electron chi connectivity index (χ3n) is 0.496. The van der Waals surface area contributed by atoms with E-state index in [1.165, 1.54) is 0 Å². The number of aromatic amines is 1. The third kappa shape index (κ3) is 11.3. The molecule has 54 valence electrons. The summed E-state index contributed by atoms with van der Waals surface area (Å²) in [6, 6.07) is 3.89. The quantitative estimate of drug-likeness (QED) is 0.522. The lowest BCUT2D eigenvalue weighted by molar-refractivity contribution is 1.42. The predicted octanol–water partition coefficient (Wildman–Crippen LogP) is 2.59. The monoisotopic (exact) mass is 145 g/mol. The summed E-state index contributed by atoms with van der Waals surface area (Å²) in [6.45, 7) is 4.00. The lowest BCUT2D eigenvalue weighted by atomic mass is 10.7. The van der Waals surface area contributed by atoms with Crippen molar-refractivity contribution in [2.24, 2.45) is 0 Å². The molecule has 0 fully saturated rings. The number of H-pyrrole nitrogens is 1. The number of thiol groups is 1. The van der Waals surface area contributed by atoms with Crippen LogP contribution in [-0.4, -0.2) is 11.2 Å². The van der Waals surface area contributed by atoms with Crippen LogP contribution < -0.4 is 0 Å². The second-order valence-corrected chi connectivity index (χ2v) is 0.885. The number of nitrogens with one attached hydrogen (secondary N) is 1. The molecule has 0 saturated heterocycles. The average molecular weight is 145 g/mol. The second kappa shape index (κ2) is 15.6. The Hall–Kier alpha value is -0.370. The SMILES string of the molecule is CC.CS.c1cc[nH]c1. The van der Waals surface area contributed by atoms with Gasteiger partial charge in [-0.3, -0.25) is 0 Å². The van der Waals surface area contributed by atoms with E-state index in [2.05, 4.69) is 17.6 Å². The maximum Gasteiger partial charge on any atom is 0.000496 e. The van der Waals surface area contributed by atoms with Gasteiger partial charge in [0.25, 0.3) is 0 Å². The van der Waals surface area contributed by atoms with Gasteiger partial charge in [-0.2, -0.15) is 12.6 Å². The smallest absolute Gasteiger partial charge is 0.000496 e. The predicted molar refractivity (Wildman–Crippen MR) is 47.1 cm³/mol. The lowest BCUT2D eigenvalue weighted by Crippen LogP contribution is -1.38. The highest BCUT2D eigenvalue weighted by atomic mass is 32.1. The molecule has 1 nitrogen and oxygen atoms in total. The highest BCUT2D eigenvalue weighted by Gasteiger charge is 1.55. The fraction of sp³-hybridized carbons (Fsp3) is 0.429. The van der Waals surface area contributed by atoms with E-state index in [9.17, 15) is 0 Å². The Morgan fingerprint density at radius 3 is 1.44 bits per heavy atom. The maximum absolute atomic E-state index is 3.53. The number of hydrogen-bond acceptors (Lipinski definition) is 1. The molecule has 1 aromatic rings. The first-order valence-corrected chi connectivity index (χ1v) is 3.92. The first-order chi connectivity index (χ1) is 4.50. The summed E-state index contributed by atoms with van der Waals surface area (Å²) in [5.41, 5.74) is 0. The summed E-state index contributed by atoms with van der Waals surface area (Å²) in [6.07, 6.45) is 5.44. The third-order valence-corrected chi connectivity index (χ3v) is 0.496. The summed E-state index contributed by atoms with van der Waals surface area (Å²) in [4.78, 5) is 2.86. The van der Waals surface area contributed by atoms with Crippen LogP contribution in [0.1, 0.15) is 13.8 Å². The summed E-state index contributed by atoms with van der Waals surface area (Å²) in [5.74, 6) is 0. The second-order valence-electron chi connectivity index (χ2n) is 0.885. The first-order valence-electron chi connectivity index (χ1n) is 3.02. The fourth-order valence-corrected chi connectivity index (χ4v) is 0.278. The minimum absolute atomic E-state index is 1.69. The van der Waals surface area contributed by atoms with Gasteiger partial charge < -0.3 is 4.98 Å². The van der Waals surface area contributed by atoms with Gasteiger partial charge in [-0.1, -0.05) is 13.8 Å². The molecule has 0 saturated carbocycles. The van der Waals surface area contributed by atoms with Crippen LogP contribution in [0.15, 0.2) is 24.5 Å². The molecule has 1 rings (SSSR count). The van der Waals surface area contributed by atoms with Crippen molar-refractivity contribution in [2.45, 2.75) is 13.8 Å². The molecule has 1 heterocycles. The van der Waals surface area contributed by atoms with Crippen LogP contribution in [0.2, 0.25) is 0 Å². The Labute approximate surface area is 62.9 Å². The molecule has 0 radical (unpaired) electrons. The van der Waals surface area contributed by atoms with Gasteiger partial charge >= 0.3 is 0 Å². The Bertz CT molecular complexity index is 65.4. The zero-order valence-corrected chi connectivity index (χ0v) is 7.15. The topological polar surface area (TPSA) is 15.8 Å². The summed E-state index contributed by atoms with van der Waals surface area (Å²) in [7, 11) is 0. The van der Waals surface area contributed by atoms with E-state index in [1.54, 1.807) is 6.26 Å². The first kappa shape index (κ1) is 11.4. The Morgan fingerprint density at radius 1 is 1.00 bits per heavy atom. The molecular weight excluding hydrogens is 130 g/mol. The van der Waals surface area contributed by atoms with Crippen molar-refractivity contribution in [3.63, 3.8) is 0 Å². The molecule has 0 aromatic carbocycles. The van der Waals surface area contributed by atoms with Crippen LogP contribution in [0.4, 0.5) is 0 Å². The summed E-state index contributed by atoms with van der Waals surface area (Å²) in [5, 5.41) is 0. The van der Waals surface area contributed by atoms with Crippen molar-refractivity contribution >= 4 is 12.6 Å². The summed E-state index contributed by atoms with van der Waals surface area (Å²) >= 11 is 3.53. The molecule has 2 heteroatoms. The van der Waals surface area contributed by atoms with Gasteiger partial charge in [0.05, 0.1) is 0 Å². The van der Waals surface area contributed by atoms with Crippen LogP contribution in [0.3, 0.4) is 0 Å². The van der Waals surface area contributed by atoms with Gasteiger partial charge in [-0.05, 0) is 18.4 Å². The van der Waals surface area contributed by atoms with Crippen molar-refractivity contribution in [3.05, 3.63) is 24.5 Å². The van der Waals surface area contributed by atoms with Crippen LogP contribution in [0.25, 0.3) is 0 Å². The van der Waals surface area contributed by atoms with Gasteiger partial charge in [0.15, 0.2) is 0 Å². The molecule has 0 atom stereocenters.